The predicted octanol–water partition coefficient (Wildman–Crippen LogP) is 2.46. The molecule has 7 nitrogen and oxygen atoms in total. The van der Waals surface area contributed by atoms with Crippen LogP contribution >= 0.6 is 11.3 Å². The number of sulfonamides is 1. The van der Waals surface area contributed by atoms with Crippen LogP contribution in [-0.2, 0) is 32.4 Å². The third kappa shape index (κ3) is 4.55. The lowest BCUT2D eigenvalue weighted by molar-refractivity contribution is -0.123. The lowest BCUT2D eigenvalue weighted by Crippen LogP contribution is -2.30. The van der Waals surface area contributed by atoms with Gasteiger partial charge in [0.1, 0.15) is 0 Å². The first-order valence-electron chi connectivity index (χ1n) is 8.49. The van der Waals surface area contributed by atoms with E-state index in [-0.39, 0.29) is 4.90 Å². The molecule has 0 aliphatic heterocycles. The van der Waals surface area contributed by atoms with Gasteiger partial charge in [0.15, 0.2) is 6.10 Å². The number of anilines is 1. The summed E-state index contributed by atoms with van der Waals surface area (Å²) in [7, 11) is -3.79. The van der Waals surface area contributed by atoms with Gasteiger partial charge in [0.25, 0.3) is 5.91 Å². The fourth-order valence-corrected chi connectivity index (χ4v) is 4.54. The number of aryl methyl sites for hydroxylation is 1. The van der Waals surface area contributed by atoms with Crippen LogP contribution in [0.4, 0.5) is 5.69 Å². The number of carbonyl (C=O) groups excluding carboxylic acids is 2. The van der Waals surface area contributed by atoms with E-state index in [1.54, 1.807) is 16.7 Å². The quantitative estimate of drug-likeness (QED) is 0.738. The van der Waals surface area contributed by atoms with E-state index in [9.17, 15) is 18.0 Å². The number of rotatable bonds is 5. The third-order valence-corrected chi connectivity index (χ3v) is 6.40. The molecule has 9 heteroatoms. The number of hydrogen-bond acceptors (Lipinski definition) is 6. The number of ether oxygens (including phenoxy) is 1. The van der Waals surface area contributed by atoms with Gasteiger partial charge in [0, 0.05) is 15.9 Å². The third-order valence-electron chi connectivity index (χ3n) is 4.38. The van der Waals surface area contributed by atoms with Crippen LogP contribution < -0.4 is 10.5 Å². The van der Waals surface area contributed by atoms with Crippen LogP contribution in [0.5, 0.6) is 0 Å². The number of carbonyl (C=O) groups is 2. The van der Waals surface area contributed by atoms with E-state index in [0.717, 1.165) is 31.2 Å². The first-order valence-corrected chi connectivity index (χ1v) is 10.9. The van der Waals surface area contributed by atoms with Gasteiger partial charge in [0.05, 0.1) is 10.5 Å². The molecule has 0 saturated heterocycles. The number of fused-ring (bicyclic) bond motifs is 1. The summed E-state index contributed by atoms with van der Waals surface area (Å²) in [5.41, 5.74) is 1.97. The molecule has 27 heavy (non-hydrogen) atoms. The van der Waals surface area contributed by atoms with E-state index in [0.29, 0.717) is 11.3 Å². The first-order chi connectivity index (χ1) is 12.8. The molecule has 0 fully saturated rings. The minimum Gasteiger partial charge on any atom is -0.449 e. The Hall–Kier alpha value is -2.23. The zero-order chi connectivity index (χ0) is 19.6. The molecule has 1 heterocycles. The highest BCUT2D eigenvalue weighted by Crippen LogP contribution is 2.30. The van der Waals surface area contributed by atoms with Gasteiger partial charge >= 0.3 is 5.97 Å². The van der Waals surface area contributed by atoms with Gasteiger partial charge in [-0.15, -0.1) is 11.3 Å². The standard InChI is InChI=1S/C18H20N2O5S2/c1-11(17(21)20-12-6-8-13(9-7-12)27(19,23)24)25-18(22)15-10-26-16-5-3-2-4-14(15)16/h6-11H,2-5H2,1H3,(H,20,21)(H2,19,23,24)/t11-/m1/s1. The maximum absolute atomic E-state index is 12.4. The Morgan fingerprint density at radius 3 is 2.52 bits per heavy atom. The van der Waals surface area contributed by atoms with Crippen molar-refractivity contribution < 1.29 is 22.7 Å². The minimum atomic E-state index is -3.79. The summed E-state index contributed by atoms with van der Waals surface area (Å²) < 4.78 is 27.8. The number of nitrogens with two attached hydrogens (primary N) is 1. The Morgan fingerprint density at radius 2 is 1.85 bits per heavy atom. The molecule has 1 aromatic heterocycles. The van der Waals surface area contributed by atoms with Crippen LogP contribution in [-0.4, -0.2) is 26.4 Å². The molecule has 1 aromatic carbocycles. The average Bonchev–Trinajstić information content (AvgIpc) is 3.05. The Morgan fingerprint density at radius 1 is 1.19 bits per heavy atom. The molecule has 0 saturated carbocycles. The zero-order valence-corrected chi connectivity index (χ0v) is 16.4. The molecular weight excluding hydrogens is 388 g/mol. The van der Waals surface area contributed by atoms with Gasteiger partial charge in [-0.25, -0.2) is 18.4 Å². The van der Waals surface area contributed by atoms with E-state index < -0.39 is 28.0 Å². The molecule has 0 radical (unpaired) electrons. The highest BCUT2D eigenvalue weighted by atomic mass is 32.2. The largest absolute Gasteiger partial charge is 0.449 e. The number of primary sulfonamides is 1. The summed E-state index contributed by atoms with van der Waals surface area (Å²) in [5.74, 6) is -1.00. The smallest absolute Gasteiger partial charge is 0.340 e. The maximum atomic E-state index is 12.4. The molecule has 3 rings (SSSR count). The second-order valence-electron chi connectivity index (χ2n) is 6.36. The lowest BCUT2D eigenvalue weighted by Gasteiger charge is -2.15. The summed E-state index contributed by atoms with van der Waals surface area (Å²) in [6.07, 6.45) is 3.03. The number of benzene rings is 1. The molecule has 0 bridgehead atoms. The normalized spacial score (nSPS) is 14.9. The van der Waals surface area contributed by atoms with Crippen molar-refractivity contribution in [2.75, 3.05) is 5.32 Å². The number of hydrogen-bond donors (Lipinski definition) is 2. The topological polar surface area (TPSA) is 116 Å². The van der Waals surface area contributed by atoms with Gasteiger partial charge in [0.2, 0.25) is 10.0 Å². The predicted molar refractivity (Wildman–Crippen MR) is 102 cm³/mol. The number of amides is 1. The number of esters is 1. The van der Waals surface area contributed by atoms with Crippen molar-refractivity contribution in [3.8, 4) is 0 Å². The highest BCUT2D eigenvalue weighted by Gasteiger charge is 2.24. The van der Waals surface area contributed by atoms with E-state index in [4.69, 9.17) is 9.88 Å². The molecule has 0 spiro atoms. The van der Waals surface area contributed by atoms with Crippen LogP contribution in [0, 0.1) is 0 Å². The molecule has 0 unspecified atom stereocenters. The van der Waals surface area contributed by atoms with E-state index >= 15 is 0 Å². The van der Waals surface area contributed by atoms with Crippen molar-refractivity contribution in [2.45, 2.75) is 43.6 Å². The van der Waals surface area contributed by atoms with Crippen LogP contribution in [0.2, 0.25) is 0 Å². The Balaban J connectivity index is 1.62. The van der Waals surface area contributed by atoms with E-state index in [2.05, 4.69) is 5.32 Å². The van der Waals surface area contributed by atoms with E-state index in [1.165, 1.54) is 36.1 Å². The van der Waals surface area contributed by atoms with Crippen LogP contribution in [0.25, 0.3) is 0 Å². The molecule has 1 amide bonds. The molecule has 144 valence electrons. The van der Waals surface area contributed by atoms with Crippen LogP contribution in [0.3, 0.4) is 0 Å². The summed E-state index contributed by atoms with van der Waals surface area (Å²) in [6, 6.07) is 5.42. The monoisotopic (exact) mass is 408 g/mol. The van der Waals surface area contributed by atoms with Crippen molar-refractivity contribution in [3.63, 3.8) is 0 Å². The molecule has 1 aliphatic rings. The van der Waals surface area contributed by atoms with Gasteiger partial charge in [-0.1, -0.05) is 0 Å². The maximum Gasteiger partial charge on any atom is 0.340 e. The Labute approximate surface area is 161 Å². The molecule has 3 N–H and O–H groups in total. The summed E-state index contributed by atoms with van der Waals surface area (Å²) in [4.78, 5) is 25.9. The van der Waals surface area contributed by atoms with Crippen molar-refractivity contribution >= 4 is 38.9 Å². The van der Waals surface area contributed by atoms with Gasteiger partial charge in [-0.05, 0) is 62.4 Å². The van der Waals surface area contributed by atoms with E-state index in [1.807, 2.05) is 0 Å². The van der Waals surface area contributed by atoms with Gasteiger partial charge < -0.3 is 10.1 Å². The molecule has 2 aromatic rings. The molecular formula is C18H20N2O5S2. The lowest BCUT2D eigenvalue weighted by atomic mass is 9.96. The molecule has 1 aliphatic carbocycles. The fourth-order valence-electron chi connectivity index (χ4n) is 2.91. The minimum absolute atomic E-state index is 0.0535. The highest BCUT2D eigenvalue weighted by molar-refractivity contribution is 7.89. The van der Waals surface area contributed by atoms with Crippen molar-refractivity contribution in [2.24, 2.45) is 5.14 Å². The van der Waals surface area contributed by atoms with Crippen molar-refractivity contribution in [1.29, 1.82) is 0 Å². The Bertz CT molecular complexity index is 964. The fraction of sp³-hybridized carbons (Fsp3) is 0.333. The zero-order valence-electron chi connectivity index (χ0n) is 14.7. The summed E-state index contributed by atoms with van der Waals surface area (Å²) >= 11 is 1.56. The van der Waals surface area contributed by atoms with Crippen LogP contribution in [0.1, 0.15) is 40.6 Å². The second-order valence-corrected chi connectivity index (χ2v) is 8.89. The van der Waals surface area contributed by atoms with Crippen molar-refractivity contribution in [1.82, 2.24) is 0 Å². The van der Waals surface area contributed by atoms with Gasteiger partial charge in [-0.2, -0.15) is 0 Å². The SMILES string of the molecule is C[C@@H](OC(=O)c1csc2c1CCCC2)C(=O)Nc1ccc(S(N)(=O)=O)cc1. The first kappa shape index (κ1) is 19.5. The van der Waals surface area contributed by atoms with Crippen molar-refractivity contribution in [3.05, 3.63) is 45.6 Å². The Kier molecular flexibility index (Phi) is 5.64. The number of thiophene rings is 1. The second kappa shape index (κ2) is 7.79. The van der Waals surface area contributed by atoms with Gasteiger partial charge in [-0.3, -0.25) is 4.79 Å². The summed E-state index contributed by atoms with van der Waals surface area (Å²) in [6.45, 7) is 1.49. The number of nitrogens with one attached hydrogen (secondary N) is 1. The average molecular weight is 409 g/mol. The molecule has 1 atom stereocenters. The van der Waals surface area contributed by atoms with Crippen LogP contribution in [0.15, 0.2) is 34.5 Å². The summed E-state index contributed by atoms with van der Waals surface area (Å²) in [5, 5.41) is 9.42.